The summed E-state index contributed by atoms with van der Waals surface area (Å²) < 4.78 is 4.45. The summed E-state index contributed by atoms with van der Waals surface area (Å²) in [6, 6.07) is 10.9. The Labute approximate surface area is 137 Å². The van der Waals surface area contributed by atoms with Crippen molar-refractivity contribution >= 4 is 40.5 Å². The lowest BCUT2D eigenvalue weighted by atomic mass is 10.1. The van der Waals surface area contributed by atoms with Gasteiger partial charge in [-0.25, -0.2) is 0 Å². The highest BCUT2D eigenvalue weighted by Gasteiger charge is 2.53. The molecule has 0 saturated carbocycles. The molecule has 1 aromatic carbocycles. The lowest BCUT2D eigenvalue weighted by Gasteiger charge is -2.40. The van der Waals surface area contributed by atoms with Crippen LogP contribution in [0.4, 0.5) is 0 Å². The van der Waals surface area contributed by atoms with Gasteiger partial charge >= 0.3 is 0 Å². The van der Waals surface area contributed by atoms with Crippen molar-refractivity contribution in [3.8, 4) is 0 Å². The summed E-state index contributed by atoms with van der Waals surface area (Å²) in [5, 5.41) is 0. The van der Waals surface area contributed by atoms with Gasteiger partial charge in [-0.2, -0.15) is 0 Å². The third-order valence-electron chi connectivity index (χ3n) is 3.90. The maximum atomic E-state index is 6.69. The summed E-state index contributed by atoms with van der Waals surface area (Å²) >= 11 is 19.7. The highest BCUT2D eigenvalue weighted by Crippen LogP contribution is 2.52. The molecule has 2 heterocycles. The maximum Gasteiger partial charge on any atom is 0.275 e. The summed E-state index contributed by atoms with van der Waals surface area (Å²) in [5.74, 6) is 0. The lowest BCUT2D eigenvalue weighted by Crippen LogP contribution is -2.46. The van der Waals surface area contributed by atoms with Crippen LogP contribution in [0, 0.1) is 0 Å². The normalized spacial score (nSPS) is 28.6. The summed E-state index contributed by atoms with van der Waals surface area (Å²) in [7, 11) is 0. The van der Waals surface area contributed by atoms with E-state index < -0.39 is 11.2 Å². The number of alkyl halides is 1. The fraction of sp³-hybridized carbons (Fsp3) is 0.600. The molecule has 0 aromatic heterocycles. The molecule has 2 aliphatic heterocycles. The molecule has 0 radical (unpaired) electrons. The Morgan fingerprint density at radius 3 is 2.10 bits per heavy atom. The van der Waals surface area contributed by atoms with Crippen molar-refractivity contribution in [3.05, 3.63) is 35.9 Å². The van der Waals surface area contributed by atoms with Crippen molar-refractivity contribution in [3.63, 3.8) is 0 Å². The van der Waals surface area contributed by atoms with Crippen molar-refractivity contribution < 1.29 is 4.74 Å². The number of halogens is 3. The van der Waals surface area contributed by atoms with E-state index >= 15 is 0 Å². The van der Waals surface area contributed by atoms with Crippen LogP contribution in [0.5, 0.6) is 0 Å². The molecule has 2 saturated heterocycles. The second-order valence-corrected chi connectivity index (χ2v) is 13.6. The molecule has 0 N–H and O–H groups in total. The third kappa shape index (κ3) is 3.92. The van der Waals surface area contributed by atoms with Crippen LogP contribution in [-0.4, -0.2) is 19.9 Å². The van der Waals surface area contributed by atoms with Gasteiger partial charge in [0, 0.05) is 13.2 Å². The predicted molar refractivity (Wildman–Crippen MR) is 90.1 cm³/mol. The molecule has 112 valence electrons. The zero-order valence-corrected chi connectivity index (χ0v) is 14.9. The molecule has 3 rings (SSSR count). The first-order chi connectivity index (χ1) is 9.56. The van der Waals surface area contributed by atoms with Gasteiger partial charge in [-0.1, -0.05) is 43.2 Å². The molecule has 0 amide bonds. The molecular formula is C15H21Cl3OSi. The molecule has 1 atom stereocenters. The molecule has 20 heavy (non-hydrogen) atoms. The van der Waals surface area contributed by atoms with Crippen LogP contribution in [0.25, 0.3) is 0 Å². The Hall–Kier alpha value is 0.267. The van der Waals surface area contributed by atoms with Crippen LogP contribution >= 0.6 is 33.8 Å². The first-order valence-corrected chi connectivity index (χ1v) is 11.9. The van der Waals surface area contributed by atoms with E-state index in [-0.39, 0.29) is 0 Å². The second-order valence-electron chi connectivity index (χ2n) is 5.40. The zero-order valence-electron chi connectivity index (χ0n) is 11.6. The van der Waals surface area contributed by atoms with Crippen LogP contribution in [0.15, 0.2) is 30.3 Å². The Morgan fingerprint density at radius 1 is 0.950 bits per heavy atom. The summed E-state index contributed by atoms with van der Waals surface area (Å²) in [4.78, 5) is 0. The molecule has 0 spiro atoms. The molecule has 1 aromatic rings. The Balaban J connectivity index is 0.000000247. The average molecular weight is 352 g/mol. The standard InChI is InChI=1S/C11H13Cl3Si.C4H8O/c12-11(10-6-2-1-3-7-10)8-4-5-9-15(11,13)14;1-2-4-5-3-1/h1-3,6-7H,4-5,8-9H2;1-4H2. The first-order valence-electron chi connectivity index (χ1n) is 7.26. The predicted octanol–water partition coefficient (Wildman–Crippen LogP) is 5.56. The lowest BCUT2D eigenvalue weighted by molar-refractivity contribution is 0.198. The van der Waals surface area contributed by atoms with E-state index in [1.807, 2.05) is 30.3 Å². The highest BCUT2D eigenvalue weighted by molar-refractivity contribution is 7.47. The van der Waals surface area contributed by atoms with Gasteiger partial charge in [0.25, 0.3) is 6.69 Å². The fourth-order valence-electron chi connectivity index (χ4n) is 2.66. The van der Waals surface area contributed by atoms with Crippen molar-refractivity contribution in [2.24, 2.45) is 0 Å². The minimum absolute atomic E-state index is 0.490. The largest absolute Gasteiger partial charge is 0.381 e. The van der Waals surface area contributed by atoms with Gasteiger partial charge in [-0.15, -0.1) is 33.8 Å². The van der Waals surface area contributed by atoms with Crippen LogP contribution in [0.2, 0.25) is 6.04 Å². The average Bonchev–Trinajstić information content (AvgIpc) is 3.02. The molecule has 2 fully saturated rings. The van der Waals surface area contributed by atoms with Crippen LogP contribution < -0.4 is 0 Å². The first kappa shape index (κ1) is 16.6. The van der Waals surface area contributed by atoms with Gasteiger partial charge in [0.2, 0.25) is 0 Å². The monoisotopic (exact) mass is 350 g/mol. The maximum absolute atomic E-state index is 6.69. The molecular weight excluding hydrogens is 331 g/mol. The van der Waals surface area contributed by atoms with E-state index in [4.69, 9.17) is 38.5 Å². The summed E-state index contributed by atoms with van der Waals surface area (Å²) in [6.45, 7) is -0.375. The van der Waals surface area contributed by atoms with Gasteiger partial charge in [0.15, 0.2) is 0 Å². The van der Waals surface area contributed by atoms with Crippen molar-refractivity contribution in [1.29, 1.82) is 0 Å². The molecule has 1 unspecified atom stereocenters. The molecule has 0 bridgehead atoms. The third-order valence-corrected chi connectivity index (χ3v) is 11.6. The van der Waals surface area contributed by atoms with Gasteiger partial charge in [0.05, 0.1) is 4.50 Å². The SMILES string of the molecule is C1CCOC1.ClC1(c2ccccc2)CCCC[Si]1(Cl)Cl. The number of hydrogen-bond acceptors (Lipinski definition) is 1. The van der Waals surface area contributed by atoms with Crippen molar-refractivity contribution in [1.82, 2.24) is 0 Å². The van der Waals surface area contributed by atoms with E-state index in [1.54, 1.807) is 0 Å². The number of ether oxygens (including phenoxy) is 1. The molecule has 0 aliphatic carbocycles. The highest BCUT2D eigenvalue weighted by atomic mass is 35.7. The summed E-state index contributed by atoms with van der Waals surface area (Å²) in [6.07, 6.45) is 5.69. The number of rotatable bonds is 1. The zero-order chi connectivity index (χ0) is 14.5. The Bertz CT molecular complexity index is 401. The molecule has 5 heteroatoms. The Kier molecular flexibility index (Phi) is 6.24. The molecule has 1 nitrogen and oxygen atoms in total. The van der Waals surface area contributed by atoms with Gasteiger partial charge < -0.3 is 4.74 Å². The van der Waals surface area contributed by atoms with Gasteiger partial charge in [-0.05, 0) is 30.9 Å². The Morgan fingerprint density at radius 2 is 1.60 bits per heavy atom. The van der Waals surface area contributed by atoms with E-state index in [0.717, 1.165) is 44.1 Å². The van der Waals surface area contributed by atoms with Crippen molar-refractivity contribution in [2.45, 2.75) is 42.6 Å². The summed E-state index contributed by atoms with van der Waals surface area (Å²) in [5.41, 5.74) is 1.09. The van der Waals surface area contributed by atoms with E-state index in [9.17, 15) is 0 Å². The molecule has 2 aliphatic rings. The minimum Gasteiger partial charge on any atom is -0.381 e. The van der Waals surface area contributed by atoms with E-state index in [0.29, 0.717) is 0 Å². The van der Waals surface area contributed by atoms with E-state index in [1.165, 1.54) is 12.8 Å². The van der Waals surface area contributed by atoms with Crippen LogP contribution in [0.1, 0.15) is 37.7 Å². The fourth-order valence-corrected chi connectivity index (χ4v) is 7.45. The van der Waals surface area contributed by atoms with Gasteiger partial charge in [0.1, 0.15) is 0 Å². The van der Waals surface area contributed by atoms with Crippen molar-refractivity contribution in [2.75, 3.05) is 13.2 Å². The van der Waals surface area contributed by atoms with Crippen LogP contribution in [0.3, 0.4) is 0 Å². The smallest absolute Gasteiger partial charge is 0.275 e. The van der Waals surface area contributed by atoms with Gasteiger partial charge in [-0.3, -0.25) is 0 Å². The van der Waals surface area contributed by atoms with E-state index in [2.05, 4.69) is 0 Å². The topological polar surface area (TPSA) is 9.23 Å². The second kappa shape index (κ2) is 7.51. The minimum atomic E-state index is -2.38. The number of hydrogen-bond donors (Lipinski definition) is 0. The number of benzene rings is 1. The quantitative estimate of drug-likeness (QED) is 0.365. The van der Waals surface area contributed by atoms with Crippen LogP contribution in [-0.2, 0) is 9.23 Å².